The van der Waals surface area contributed by atoms with Gasteiger partial charge in [0.1, 0.15) is 0 Å². The molecule has 0 radical (unpaired) electrons. The molecule has 0 aliphatic heterocycles. The van der Waals surface area contributed by atoms with Crippen molar-refractivity contribution in [3.8, 4) is 0 Å². The highest BCUT2D eigenvalue weighted by Crippen LogP contribution is 2.40. The van der Waals surface area contributed by atoms with Crippen LogP contribution >= 0.6 is 11.8 Å². The summed E-state index contributed by atoms with van der Waals surface area (Å²) in [4.78, 5) is 5.12. The average molecular weight is 166 g/mol. The van der Waals surface area contributed by atoms with Crippen molar-refractivity contribution >= 4 is 17.4 Å². The lowest BCUT2D eigenvalue weighted by Gasteiger charge is -2.01. The molecule has 2 N–H and O–H groups in total. The minimum absolute atomic E-state index is 0.810. The fourth-order valence-corrected chi connectivity index (χ4v) is 1.93. The van der Waals surface area contributed by atoms with Gasteiger partial charge in [0.15, 0.2) is 0 Å². The van der Waals surface area contributed by atoms with Crippen LogP contribution in [0.1, 0.15) is 12.8 Å². The van der Waals surface area contributed by atoms with Gasteiger partial charge >= 0.3 is 0 Å². The number of hydrogen-bond donors (Lipinski definition) is 1. The summed E-state index contributed by atoms with van der Waals surface area (Å²) in [7, 11) is 0. The van der Waals surface area contributed by atoms with Crippen LogP contribution in [-0.4, -0.2) is 10.2 Å². The molecule has 0 amide bonds. The molecule has 0 saturated heterocycles. The number of anilines is 1. The number of hydrogen-bond acceptors (Lipinski definition) is 3. The van der Waals surface area contributed by atoms with Gasteiger partial charge in [-0.1, -0.05) is 0 Å². The smallest absolute Gasteiger partial charge is 0.0638 e. The van der Waals surface area contributed by atoms with Gasteiger partial charge in [0.25, 0.3) is 0 Å². The number of rotatable bonds is 2. The zero-order chi connectivity index (χ0) is 7.68. The zero-order valence-electron chi connectivity index (χ0n) is 6.16. The van der Waals surface area contributed by atoms with Crippen molar-refractivity contribution in [3.63, 3.8) is 0 Å². The number of pyridine rings is 1. The molecule has 0 bridgehead atoms. The van der Waals surface area contributed by atoms with Crippen LogP contribution < -0.4 is 5.73 Å². The van der Waals surface area contributed by atoms with E-state index in [2.05, 4.69) is 4.98 Å². The third kappa shape index (κ3) is 1.66. The first kappa shape index (κ1) is 6.98. The van der Waals surface area contributed by atoms with Gasteiger partial charge in [-0.15, -0.1) is 11.8 Å². The molecular weight excluding hydrogens is 156 g/mol. The molecule has 2 nitrogen and oxygen atoms in total. The molecule has 1 saturated carbocycles. The SMILES string of the molecule is Nc1cnccc1SC1CC1. The highest BCUT2D eigenvalue weighted by Gasteiger charge is 2.23. The predicted octanol–water partition coefficient (Wildman–Crippen LogP) is 1.92. The van der Waals surface area contributed by atoms with Crippen LogP contribution in [0.15, 0.2) is 23.4 Å². The average Bonchev–Trinajstić information content (AvgIpc) is 2.78. The molecule has 0 aromatic carbocycles. The molecule has 1 aromatic heterocycles. The molecule has 1 heterocycles. The Balaban J connectivity index is 2.15. The van der Waals surface area contributed by atoms with Gasteiger partial charge in [-0.3, -0.25) is 4.98 Å². The second kappa shape index (κ2) is 2.74. The van der Waals surface area contributed by atoms with E-state index >= 15 is 0 Å². The van der Waals surface area contributed by atoms with E-state index in [4.69, 9.17) is 5.73 Å². The maximum absolute atomic E-state index is 5.71. The topological polar surface area (TPSA) is 38.9 Å². The number of nitrogens with two attached hydrogens (primary N) is 1. The monoisotopic (exact) mass is 166 g/mol. The quantitative estimate of drug-likeness (QED) is 0.729. The van der Waals surface area contributed by atoms with Crippen molar-refractivity contribution < 1.29 is 0 Å². The molecule has 58 valence electrons. The van der Waals surface area contributed by atoms with E-state index in [1.165, 1.54) is 17.7 Å². The molecular formula is C8H10N2S. The van der Waals surface area contributed by atoms with E-state index in [1.54, 1.807) is 12.4 Å². The van der Waals surface area contributed by atoms with Gasteiger partial charge < -0.3 is 5.73 Å². The van der Waals surface area contributed by atoms with E-state index in [1.807, 2.05) is 17.8 Å². The van der Waals surface area contributed by atoms with Gasteiger partial charge in [0.2, 0.25) is 0 Å². The first-order valence-electron chi connectivity index (χ1n) is 3.72. The van der Waals surface area contributed by atoms with Crippen LogP contribution in [0.2, 0.25) is 0 Å². The maximum atomic E-state index is 5.71. The number of aromatic nitrogens is 1. The lowest BCUT2D eigenvalue weighted by atomic mass is 10.4. The largest absolute Gasteiger partial charge is 0.397 e. The summed E-state index contributed by atoms with van der Waals surface area (Å²) in [6, 6.07) is 1.98. The normalized spacial score (nSPS) is 16.7. The van der Waals surface area contributed by atoms with Crippen LogP contribution in [0.5, 0.6) is 0 Å². The van der Waals surface area contributed by atoms with Crippen LogP contribution in [0.3, 0.4) is 0 Å². The predicted molar refractivity (Wildman–Crippen MR) is 47.5 cm³/mol. The van der Waals surface area contributed by atoms with Gasteiger partial charge in [-0.2, -0.15) is 0 Å². The van der Waals surface area contributed by atoms with Crippen molar-refractivity contribution in [1.82, 2.24) is 4.98 Å². The van der Waals surface area contributed by atoms with Gasteiger partial charge in [0, 0.05) is 16.3 Å². The van der Waals surface area contributed by atoms with Crippen molar-refractivity contribution in [1.29, 1.82) is 0 Å². The number of thioether (sulfide) groups is 1. The van der Waals surface area contributed by atoms with Crippen molar-refractivity contribution in [2.45, 2.75) is 23.0 Å². The lowest BCUT2D eigenvalue weighted by molar-refractivity contribution is 1.27. The Hall–Kier alpha value is -0.700. The molecule has 1 aliphatic carbocycles. The molecule has 0 unspecified atom stereocenters. The van der Waals surface area contributed by atoms with Crippen LogP contribution in [0.4, 0.5) is 5.69 Å². The van der Waals surface area contributed by atoms with E-state index in [-0.39, 0.29) is 0 Å². The van der Waals surface area contributed by atoms with Crippen LogP contribution in [0, 0.1) is 0 Å². The first-order valence-corrected chi connectivity index (χ1v) is 4.60. The number of nitrogens with zero attached hydrogens (tertiary/aromatic N) is 1. The van der Waals surface area contributed by atoms with Gasteiger partial charge in [-0.05, 0) is 18.9 Å². The summed E-state index contributed by atoms with van der Waals surface area (Å²) in [5.74, 6) is 0. The Bertz CT molecular complexity index is 258. The first-order chi connectivity index (χ1) is 5.36. The standard InChI is InChI=1S/C8H10N2S/c9-7-5-10-4-3-8(7)11-6-1-2-6/h3-6H,1-2,9H2. The third-order valence-electron chi connectivity index (χ3n) is 1.63. The molecule has 0 spiro atoms. The summed E-state index contributed by atoms with van der Waals surface area (Å²) < 4.78 is 0. The molecule has 1 aliphatic rings. The minimum Gasteiger partial charge on any atom is -0.397 e. The summed E-state index contributed by atoms with van der Waals surface area (Å²) in [5, 5.41) is 0.819. The number of nitrogen functional groups attached to an aromatic ring is 1. The Kier molecular flexibility index (Phi) is 1.74. The van der Waals surface area contributed by atoms with Crippen molar-refractivity contribution in [2.75, 3.05) is 5.73 Å². The van der Waals surface area contributed by atoms with Gasteiger partial charge in [-0.25, -0.2) is 0 Å². The van der Waals surface area contributed by atoms with E-state index in [0.29, 0.717) is 0 Å². The lowest BCUT2D eigenvalue weighted by Crippen LogP contribution is -1.89. The Morgan fingerprint density at radius 1 is 1.55 bits per heavy atom. The highest BCUT2D eigenvalue weighted by atomic mass is 32.2. The van der Waals surface area contributed by atoms with E-state index in [0.717, 1.165) is 10.9 Å². The van der Waals surface area contributed by atoms with E-state index < -0.39 is 0 Å². The molecule has 1 fully saturated rings. The Labute approximate surface area is 70.2 Å². The Morgan fingerprint density at radius 3 is 3.00 bits per heavy atom. The fourth-order valence-electron chi connectivity index (χ4n) is 0.867. The van der Waals surface area contributed by atoms with Gasteiger partial charge in [0.05, 0.1) is 11.9 Å². The summed E-state index contributed by atoms with van der Waals surface area (Å²) >= 11 is 1.87. The molecule has 11 heavy (non-hydrogen) atoms. The Morgan fingerprint density at radius 2 is 2.36 bits per heavy atom. The maximum Gasteiger partial charge on any atom is 0.0638 e. The molecule has 2 rings (SSSR count). The molecule has 0 atom stereocenters. The summed E-state index contributed by atoms with van der Waals surface area (Å²) in [6.07, 6.45) is 6.19. The van der Waals surface area contributed by atoms with E-state index in [9.17, 15) is 0 Å². The second-order valence-electron chi connectivity index (χ2n) is 2.73. The second-order valence-corrected chi connectivity index (χ2v) is 4.07. The zero-order valence-corrected chi connectivity index (χ0v) is 6.97. The highest BCUT2D eigenvalue weighted by molar-refractivity contribution is 8.00. The molecule has 1 aromatic rings. The minimum atomic E-state index is 0.810. The summed E-state index contributed by atoms with van der Waals surface area (Å²) in [5.41, 5.74) is 6.52. The van der Waals surface area contributed by atoms with Crippen LogP contribution in [-0.2, 0) is 0 Å². The third-order valence-corrected chi connectivity index (χ3v) is 3.06. The fraction of sp³-hybridized carbons (Fsp3) is 0.375. The summed E-state index contributed by atoms with van der Waals surface area (Å²) in [6.45, 7) is 0. The van der Waals surface area contributed by atoms with Crippen molar-refractivity contribution in [3.05, 3.63) is 18.5 Å². The van der Waals surface area contributed by atoms with Crippen molar-refractivity contribution in [2.24, 2.45) is 0 Å². The molecule has 3 heteroatoms. The van der Waals surface area contributed by atoms with Crippen LogP contribution in [0.25, 0.3) is 0 Å².